The average molecular weight is 304 g/mol. The summed E-state index contributed by atoms with van der Waals surface area (Å²) in [6, 6.07) is 4.43. The van der Waals surface area contributed by atoms with Crippen LogP contribution in [0.4, 0.5) is 18.9 Å². The van der Waals surface area contributed by atoms with Crippen molar-refractivity contribution in [1.82, 2.24) is 4.90 Å². The summed E-state index contributed by atoms with van der Waals surface area (Å²) in [4.78, 5) is 13.1. The molecule has 7 heteroatoms. The van der Waals surface area contributed by atoms with E-state index in [0.717, 1.165) is 4.90 Å². The highest BCUT2D eigenvalue weighted by Gasteiger charge is 2.34. The van der Waals surface area contributed by atoms with Crippen LogP contribution in [-0.4, -0.2) is 37.2 Å². The van der Waals surface area contributed by atoms with E-state index >= 15 is 0 Å². The van der Waals surface area contributed by atoms with Gasteiger partial charge in [-0.2, -0.15) is 13.2 Å². The Morgan fingerprint density at radius 1 is 1.38 bits per heavy atom. The van der Waals surface area contributed by atoms with E-state index in [-0.39, 0.29) is 29.5 Å². The van der Waals surface area contributed by atoms with Gasteiger partial charge >= 0.3 is 6.18 Å². The highest BCUT2D eigenvalue weighted by molar-refractivity contribution is 5.98. The quantitative estimate of drug-likeness (QED) is 0.851. The molecule has 0 aliphatic carbocycles. The van der Waals surface area contributed by atoms with Gasteiger partial charge in [-0.1, -0.05) is 19.9 Å². The zero-order chi connectivity index (χ0) is 16.2. The monoisotopic (exact) mass is 304 g/mol. The maximum Gasteiger partial charge on any atom is 0.406 e. The second-order valence-corrected chi connectivity index (χ2v) is 5.12. The van der Waals surface area contributed by atoms with Crippen molar-refractivity contribution in [2.45, 2.75) is 20.0 Å². The van der Waals surface area contributed by atoms with Crippen molar-refractivity contribution in [3.63, 3.8) is 0 Å². The van der Waals surface area contributed by atoms with Crippen LogP contribution in [0.15, 0.2) is 18.2 Å². The molecule has 0 unspecified atom stereocenters. The Bertz CT molecular complexity index is 501. The van der Waals surface area contributed by atoms with E-state index in [2.05, 4.69) is 0 Å². The molecule has 0 aromatic heterocycles. The van der Waals surface area contributed by atoms with Gasteiger partial charge in [-0.3, -0.25) is 4.79 Å². The zero-order valence-electron chi connectivity index (χ0n) is 12.2. The molecular formula is C14H19F3N2O2. The third kappa shape index (κ3) is 4.84. The summed E-state index contributed by atoms with van der Waals surface area (Å²) < 4.78 is 43.0. The number of nitrogens with zero attached hydrogens (tertiary/aromatic N) is 1. The van der Waals surface area contributed by atoms with E-state index in [1.54, 1.807) is 13.8 Å². The molecule has 1 aromatic carbocycles. The number of carbonyl (C=O) groups is 1. The molecule has 1 aromatic rings. The van der Waals surface area contributed by atoms with Crippen LogP contribution in [0, 0.1) is 5.92 Å². The molecule has 0 bridgehead atoms. The summed E-state index contributed by atoms with van der Waals surface area (Å²) in [5.74, 6) is -0.744. The Balaban J connectivity index is 3.13. The molecule has 0 atom stereocenters. The third-order valence-corrected chi connectivity index (χ3v) is 2.72. The van der Waals surface area contributed by atoms with E-state index in [1.165, 1.54) is 25.3 Å². The molecule has 118 valence electrons. The first kappa shape index (κ1) is 17.1. The molecule has 0 saturated carbocycles. The van der Waals surface area contributed by atoms with Crippen molar-refractivity contribution in [3.05, 3.63) is 23.8 Å². The van der Waals surface area contributed by atoms with Gasteiger partial charge in [0.25, 0.3) is 5.91 Å². The Morgan fingerprint density at radius 2 is 2.00 bits per heavy atom. The minimum Gasteiger partial charge on any atom is -0.494 e. The smallest absolute Gasteiger partial charge is 0.406 e. The number of benzene rings is 1. The summed E-state index contributed by atoms with van der Waals surface area (Å²) in [5, 5.41) is 0. The summed E-state index contributed by atoms with van der Waals surface area (Å²) in [6.07, 6.45) is -4.46. The Kier molecular flexibility index (Phi) is 5.46. The van der Waals surface area contributed by atoms with Gasteiger partial charge < -0.3 is 15.4 Å². The third-order valence-electron chi connectivity index (χ3n) is 2.72. The van der Waals surface area contributed by atoms with E-state index < -0.39 is 18.6 Å². The number of nitrogen functional groups attached to an aromatic ring is 1. The van der Waals surface area contributed by atoms with E-state index in [4.69, 9.17) is 10.5 Å². The minimum atomic E-state index is -4.46. The summed E-state index contributed by atoms with van der Waals surface area (Å²) in [7, 11) is 1.32. The molecule has 0 spiro atoms. The molecule has 4 nitrogen and oxygen atoms in total. The van der Waals surface area contributed by atoms with Crippen LogP contribution < -0.4 is 10.5 Å². The van der Waals surface area contributed by atoms with Crippen molar-refractivity contribution >= 4 is 11.6 Å². The number of halogens is 3. The topological polar surface area (TPSA) is 55.6 Å². The predicted octanol–water partition coefficient (Wildman–Crippen LogP) is 2.94. The molecular weight excluding hydrogens is 285 g/mol. The fourth-order valence-electron chi connectivity index (χ4n) is 2.00. The molecule has 2 N–H and O–H groups in total. The van der Waals surface area contributed by atoms with Crippen molar-refractivity contribution < 1.29 is 22.7 Å². The fourth-order valence-corrected chi connectivity index (χ4v) is 2.00. The number of hydrogen-bond donors (Lipinski definition) is 1. The van der Waals surface area contributed by atoms with Crippen LogP contribution in [0.3, 0.4) is 0 Å². The van der Waals surface area contributed by atoms with Crippen LogP contribution in [-0.2, 0) is 0 Å². The van der Waals surface area contributed by atoms with Crippen LogP contribution in [0.1, 0.15) is 24.2 Å². The summed E-state index contributed by atoms with van der Waals surface area (Å²) in [6.45, 7) is 2.18. The number of rotatable bonds is 5. The largest absolute Gasteiger partial charge is 0.494 e. The van der Waals surface area contributed by atoms with E-state index in [0.29, 0.717) is 0 Å². The lowest BCUT2D eigenvalue weighted by atomic mass is 10.1. The molecule has 0 fully saturated rings. The maximum absolute atomic E-state index is 12.6. The van der Waals surface area contributed by atoms with Crippen LogP contribution in [0.5, 0.6) is 5.75 Å². The van der Waals surface area contributed by atoms with Gasteiger partial charge in [0.2, 0.25) is 0 Å². The van der Waals surface area contributed by atoms with E-state index in [9.17, 15) is 18.0 Å². The number of anilines is 1. The van der Waals surface area contributed by atoms with Gasteiger partial charge in [-0.15, -0.1) is 0 Å². The first-order chi connectivity index (χ1) is 9.65. The number of nitrogens with two attached hydrogens (primary N) is 1. The van der Waals surface area contributed by atoms with Crippen molar-refractivity contribution in [2.75, 3.05) is 25.9 Å². The van der Waals surface area contributed by atoms with Gasteiger partial charge in [0.15, 0.2) is 5.75 Å². The van der Waals surface area contributed by atoms with Crippen molar-refractivity contribution in [2.24, 2.45) is 5.92 Å². The Hall–Kier alpha value is -1.92. The second-order valence-electron chi connectivity index (χ2n) is 5.12. The first-order valence-corrected chi connectivity index (χ1v) is 6.44. The van der Waals surface area contributed by atoms with Crippen LogP contribution >= 0.6 is 0 Å². The molecule has 0 aliphatic rings. The van der Waals surface area contributed by atoms with Gasteiger partial charge in [0.1, 0.15) is 6.54 Å². The average Bonchev–Trinajstić information content (AvgIpc) is 2.34. The van der Waals surface area contributed by atoms with Gasteiger partial charge in [0.05, 0.1) is 18.4 Å². The Morgan fingerprint density at radius 3 is 2.48 bits per heavy atom. The SMILES string of the molecule is COc1c(N)cccc1C(=O)N(CC(C)C)CC(F)(F)F. The standard InChI is InChI=1S/C14H19F3N2O2/c1-9(2)7-19(8-14(15,16)17)13(20)10-5-4-6-11(18)12(10)21-3/h4-6,9H,7-8,18H2,1-3H3. The van der Waals surface area contributed by atoms with Crippen LogP contribution in [0.2, 0.25) is 0 Å². The number of methoxy groups -OCH3 is 1. The highest BCUT2D eigenvalue weighted by atomic mass is 19.4. The molecule has 0 heterocycles. The maximum atomic E-state index is 12.6. The predicted molar refractivity (Wildman–Crippen MR) is 74.2 cm³/mol. The van der Waals surface area contributed by atoms with Gasteiger partial charge in [-0.25, -0.2) is 0 Å². The summed E-state index contributed by atoms with van der Waals surface area (Å²) >= 11 is 0. The van der Waals surface area contributed by atoms with Gasteiger partial charge in [0, 0.05) is 6.54 Å². The summed E-state index contributed by atoms with van der Waals surface area (Å²) in [5.41, 5.74) is 5.92. The lowest BCUT2D eigenvalue weighted by Crippen LogP contribution is -2.41. The number of alkyl halides is 3. The fraction of sp³-hybridized carbons (Fsp3) is 0.500. The molecule has 1 rings (SSSR count). The highest BCUT2D eigenvalue weighted by Crippen LogP contribution is 2.28. The molecule has 0 aliphatic heterocycles. The number of ether oxygens (including phenoxy) is 1. The van der Waals surface area contributed by atoms with Gasteiger partial charge in [-0.05, 0) is 18.1 Å². The molecule has 0 radical (unpaired) electrons. The van der Waals surface area contributed by atoms with Crippen molar-refractivity contribution in [3.8, 4) is 5.75 Å². The van der Waals surface area contributed by atoms with Crippen LogP contribution in [0.25, 0.3) is 0 Å². The van der Waals surface area contributed by atoms with E-state index in [1.807, 2.05) is 0 Å². The lowest BCUT2D eigenvalue weighted by molar-refractivity contribution is -0.141. The lowest BCUT2D eigenvalue weighted by Gasteiger charge is -2.26. The molecule has 0 saturated heterocycles. The normalized spacial score (nSPS) is 11.6. The second kappa shape index (κ2) is 6.69. The number of carbonyl (C=O) groups excluding carboxylic acids is 1. The zero-order valence-corrected chi connectivity index (χ0v) is 12.2. The minimum absolute atomic E-state index is 0.00367. The van der Waals surface area contributed by atoms with Crippen molar-refractivity contribution in [1.29, 1.82) is 0 Å². The number of hydrogen-bond acceptors (Lipinski definition) is 3. The number of para-hydroxylation sites is 1. The molecule has 1 amide bonds. The number of amides is 1. The first-order valence-electron chi connectivity index (χ1n) is 6.44. The molecule has 21 heavy (non-hydrogen) atoms. The Labute approximate surface area is 121 Å².